The Hall–Kier alpha value is -1.27. The predicted molar refractivity (Wildman–Crippen MR) is 77.2 cm³/mol. The molecule has 0 bridgehead atoms. The van der Waals surface area contributed by atoms with E-state index in [1.165, 1.54) is 12.1 Å². The van der Waals surface area contributed by atoms with E-state index in [1.807, 2.05) is 0 Å². The van der Waals surface area contributed by atoms with Gasteiger partial charge in [0.05, 0.1) is 0 Å². The molecule has 1 rings (SSSR count). The highest BCUT2D eigenvalue weighted by atomic mass is 19.4. The van der Waals surface area contributed by atoms with Crippen molar-refractivity contribution in [3.05, 3.63) is 29.8 Å². The second-order valence-corrected chi connectivity index (χ2v) is 4.77. The normalized spacial score (nSPS) is 11.9. The van der Waals surface area contributed by atoms with Gasteiger partial charge in [0.25, 0.3) is 0 Å². The molecule has 3 nitrogen and oxygen atoms in total. The van der Waals surface area contributed by atoms with Gasteiger partial charge in [-0.1, -0.05) is 32.0 Å². The molecule has 0 atom stereocenters. The Morgan fingerprint density at radius 3 is 2.48 bits per heavy atom. The van der Waals surface area contributed by atoms with Crippen molar-refractivity contribution in [2.24, 2.45) is 0 Å². The maximum absolute atomic E-state index is 12.3. The average Bonchev–Trinajstić information content (AvgIpc) is 2.42. The molecule has 0 fully saturated rings. The maximum Gasteiger partial charge on any atom is 0.573 e. The van der Waals surface area contributed by atoms with Crippen molar-refractivity contribution in [2.45, 2.75) is 33.2 Å². The summed E-state index contributed by atoms with van der Waals surface area (Å²) in [5, 5.41) is 3.16. The quantitative estimate of drug-likeness (QED) is 0.708. The summed E-state index contributed by atoms with van der Waals surface area (Å²) in [6.45, 7) is 8.20. The smallest absolute Gasteiger partial charge is 0.405 e. The van der Waals surface area contributed by atoms with Gasteiger partial charge in [-0.3, -0.25) is 0 Å². The second-order valence-electron chi connectivity index (χ2n) is 4.77. The molecule has 1 N–H and O–H groups in total. The highest BCUT2D eigenvalue weighted by Gasteiger charge is 2.31. The first-order chi connectivity index (χ1) is 9.96. The van der Waals surface area contributed by atoms with Crippen LogP contribution in [0.2, 0.25) is 0 Å². The zero-order chi connectivity index (χ0) is 15.7. The summed E-state index contributed by atoms with van der Waals surface area (Å²) in [5.41, 5.74) is 0.508. The highest BCUT2D eigenvalue weighted by Crippen LogP contribution is 2.25. The van der Waals surface area contributed by atoms with E-state index in [0.717, 1.165) is 32.6 Å². The monoisotopic (exact) mass is 304 g/mol. The molecule has 6 heteroatoms. The summed E-state index contributed by atoms with van der Waals surface area (Å²) < 4.78 is 40.9. The fraction of sp³-hybridized carbons (Fsp3) is 0.600. The Balaban J connectivity index is 2.45. The topological polar surface area (TPSA) is 24.5 Å². The molecule has 120 valence electrons. The number of rotatable bonds is 9. The molecule has 0 saturated heterocycles. The summed E-state index contributed by atoms with van der Waals surface area (Å²) in [6, 6.07) is 6.21. The van der Waals surface area contributed by atoms with E-state index >= 15 is 0 Å². The third-order valence-corrected chi connectivity index (χ3v) is 3.11. The zero-order valence-corrected chi connectivity index (χ0v) is 12.5. The first-order valence-electron chi connectivity index (χ1n) is 7.23. The minimum atomic E-state index is -4.66. The molecular formula is C15H23F3N2O. The van der Waals surface area contributed by atoms with Crippen LogP contribution in [0.1, 0.15) is 25.8 Å². The molecule has 21 heavy (non-hydrogen) atoms. The van der Waals surface area contributed by atoms with Crippen LogP contribution < -0.4 is 10.1 Å². The van der Waals surface area contributed by atoms with Crippen LogP contribution in [0, 0.1) is 0 Å². The molecule has 1 aromatic rings. The van der Waals surface area contributed by atoms with E-state index in [0.29, 0.717) is 12.1 Å². The van der Waals surface area contributed by atoms with E-state index in [9.17, 15) is 13.2 Å². The van der Waals surface area contributed by atoms with Crippen LogP contribution in [0.3, 0.4) is 0 Å². The molecule has 0 amide bonds. The summed E-state index contributed by atoms with van der Waals surface area (Å²) in [7, 11) is 0. The summed E-state index contributed by atoms with van der Waals surface area (Å²) in [6.07, 6.45) is -3.56. The first kappa shape index (κ1) is 17.8. The van der Waals surface area contributed by atoms with Crippen molar-refractivity contribution < 1.29 is 17.9 Å². The molecular weight excluding hydrogens is 281 g/mol. The van der Waals surface area contributed by atoms with E-state index in [1.54, 1.807) is 12.1 Å². The fourth-order valence-corrected chi connectivity index (χ4v) is 2.08. The molecule has 0 unspecified atom stereocenters. The van der Waals surface area contributed by atoms with Gasteiger partial charge in [0.1, 0.15) is 5.75 Å². The standard InChI is InChI=1S/C15H23F3N2O/c1-3-10-20(4-2)11-9-19-12-13-7-5-6-8-14(13)21-15(16,17)18/h5-8,19H,3-4,9-12H2,1-2H3. The van der Waals surface area contributed by atoms with Gasteiger partial charge in [0, 0.05) is 25.2 Å². The van der Waals surface area contributed by atoms with Crippen LogP contribution in [-0.4, -0.2) is 37.4 Å². The van der Waals surface area contributed by atoms with E-state index in [-0.39, 0.29) is 5.75 Å². The van der Waals surface area contributed by atoms with Gasteiger partial charge in [-0.05, 0) is 25.6 Å². The van der Waals surface area contributed by atoms with Gasteiger partial charge in [-0.15, -0.1) is 13.2 Å². The van der Waals surface area contributed by atoms with Crippen molar-refractivity contribution in [3.63, 3.8) is 0 Å². The third kappa shape index (κ3) is 7.34. The molecule has 0 aliphatic carbocycles. The van der Waals surface area contributed by atoms with Crippen molar-refractivity contribution in [2.75, 3.05) is 26.2 Å². The lowest BCUT2D eigenvalue weighted by atomic mass is 10.2. The lowest BCUT2D eigenvalue weighted by Crippen LogP contribution is -2.32. The van der Waals surface area contributed by atoms with Gasteiger partial charge in [-0.25, -0.2) is 0 Å². The number of hydrogen-bond acceptors (Lipinski definition) is 3. The summed E-state index contributed by atoms with van der Waals surface area (Å²) >= 11 is 0. The minimum Gasteiger partial charge on any atom is -0.405 e. The van der Waals surface area contributed by atoms with Crippen LogP contribution in [-0.2, 0) is 6.54 Å². The fourth-order valence-electron chi connectivity index (χ4n) is 2.08. The lowest BCUT2D eigenvalue weighted by molar-refractivity contribution is -0.274. The molecule has 0 aromatic heterocycles. The maximum atomic E-state index is 12.3. The van der Waals surface area contributed by atoms with Crippen LogP contribution in [0.15, 0.2) is 24.3 Å². The predicted octanol–water partition coefficient (Wildman–Crippen LogP) is 3.41. The van der Waals surface area contributed by atoms with Crippen molar-refractivity contribution in [1.82, 2.24) is 10.2 Å². The van der Waals surface area contributed by atoms with Gasteiger partial charge in [-0.2, -0.15) is 0 Å². The van der Waals surface area contributed by atoms with Crippen LogP contribution in [0.25, 0.3) is 0 Å². The SMILES string of the molecule is CCCN(CC)CCNCc1ccccc1OC(F)(F)F. The lowest BCUT2D eigenvalue weighted by Gasteiger charge is -2.20. The van der Waals surface area contributed by atoms with Gasteiger partial charge in [0.2, 0.25) is 0 Å². The van der Waals surface area contributed by atoms with Crippen molar-refractivity contribution >= 4 is 0 Å². The summed E-state index contributed by atoms with van der Waals surface area (Å²) in [4.78, 5) is 2.30. The number of halogens is 3. The molecule has 0 saturated carbocycles. The van der Waals surface area contributed by atoms with Gasteiger partial charge in [0.15, 0.2) is 0 Å². The summed E-state index contributed by atoms with van der Waals surface area (Å²) in [5.74, 6) is -0.140. The number of nitrogens with zero attached hydrogens (tertiary/aromatic N) is 1. The number of benzene rings is 1. The number of nitrogens with one attached hydrogen (secondary N) is 1. The van der Waals surface area contributed by atoms with Crippen LogP contribution >= 0.6 is 0 Å². The number of alkyl halides is 3. The van der Waals surface area contributed by atoms with Gasteiger partial charge < -0.3 is 15.0 Å². The molecule has 0 spiro atoms. The van der Waals surface area contributed by atoms with Crippen LogP contribution in [0.5, 0.6) is 5.75 Å². The average molecular weight is 304 g/mol. The van der Waals surface area contributed by atoms with Crippen LogP contribution in [0.4, 0.5) is 13.2 Å². The Kier molecular flexibility index (Phi) is 7.53. The molecule has 0 aliphatic heterocycles. The zero-order valence-electron chi connectivity index (χ0n) is 12.5. The Labute approximate surface area is 124 Å². The van der Waals surface area contributed by atoms with Crippen molar-refractivity contribution in [3.8, 4) is 5.75 Å². The third-order valence-electron chi connectivity index (χ3n) is 3.11. The number of para-hydroxylation sites is 1. The Bertz CT molecular complexity index is 410. The number of hydrogen-bond donors (Lipinski definition) is 1. The number of ether oxygens (including phenoxy) is 1. The first-order valence-corrected chi connectivity index (χ1v) is 7.23. The molecule has 0 aliphatic rings. The Morgan fingerprint density at radius 1 is 1.14 bits per heavy atom. The minimum absolute atomic E-state index is 0.140. The van der Waals surface area contributed by atoms with Crippen molar-refractivity contribution in [1.29, 1.82) is 0 Å². The second kappa shape index (κ2) is 8.89. The van der Waals surface area contributed by atoms with E-state index in [4.69, 9.17) is 0 Å². The number of likely N-dealkylation sites (N-methyl/N-ethyl adjacent to an activating group) is 1. The molecule has 1 aromatic carbocycles. The largest absolute Gasteiger partial charge is 0.573 e. The van der Waals surface area contributed by atoms with E-state index in [2.05, 4.69) is 28.8 Å². The van der Waals surface area contributed by atoms with E-state index < -0.39 is 6.36 Å². The Morgan fingerprint density at radius 2 is 1.86 bits per heavy atom. The molecule has 0 heterocycles. The molecule has 0 radical (unpaired) electrons. The highest BCUT2D eigenvalue weighted by molar-refractivity contribution is 5.33. The van der Waals surface area contributed by atoms with Gasteiger partial charge >= 0.3 is 6.36 Å².